The van der Waals surface area contributed by atoms with Gasteiger partial charge in [0.15, 0.2) is 0 Å². The van der Waals surface area contributed by atoms with Crippen molar-refractivity contribution in [3.63, 3.8) is 0 Å². The highest BCUT2D eigenvalue weighted by atomic mass is 16.5. The lowest BCUT2D eigenvalue weighted by Gasteiger charge is -2.10. The summed E-state index contributed by atoms with van der Waals surface area (Å²) < 4.78 is 14.0. The van der Waals surface area contributed by atoms with Gasteiger partial charge in [-0.1, -0.05) is 445 Å². The Morgan fingerprint density at radius 3 is 0.798 bits per heavy atom. The van der Waals surface area contributed by atoms with Crippen LogP contribution in [-0.4, -0.2) is 43.4 Å². The molecule has 664 valence electrons. The number of hydrogen-bond donors (Lipinski definition) is 5. The predicted octanol–water partition coefficient (Wildman–Crippen LogP) is 36.9. The van der Waals surface area contributed by atoms with E-state index < -0.39 is 0 Å². The third kappa shape index (κ3) is 208. The lowest BCUT2D eigenvalue weighted by Crippen LogP contribution is -2.37. The number of fused-ring (bicyclic) bond motifs is 1. The summed E-state index contributed by atoms with van der Waals surface area (Å²) in [6, 6.07) is 21.0. The summed E-state index contributed by atoms with van der Waals surface area (Å²) in [5.41, 5.74) is 7.03. The smallest absolute Gasteiger partial charge is 0.133 e. The van der Waals surface area contributed by atoms with Crippen molar-refractivity contribution in [3.05, 3.63) is 141 Å². The number of benzene rings is 1. The first-order chi connectivity index (χ1) is 49.9. The van der Waals surface area contributed by atoms with Gasteiger partial charge < -0.3 is 23.3 Å². The minimum atomic E-state index is 0. The van der Waals surface area contributed by atoms with Crippen molar-refractivity contribution in [1.82, 2.24) is 41.2 Å². The van der Waals surface area contributed by atoms with Crippen LogP contribution in [0.15, 0.2) is 155 Å². The van der Waals surface area contributed by atoms with Crippen LogP contribution < -0.4 is 10.9 Å². The molecule has 0 saturated carbocycles. The zero-order valence-corrected chi connectivity index (χ0v) is 76.1. The van der Waals surface area contributed by atoms with E-state index in [-0.39, 0.29) is 44.6 Å². The predicted molar refractivity (Wildman–Crippen MR) is 515 cm³/mol. The summed E-state index contributed by atoms with van der Waals surface area (Å²) in [6.07, 6.45) is 52.0. The molecule has 8 rings (SSSR count). The van der Waals surface area contributed by atoms with Crippen molar-refractivity contribution in [2.24, 2.45) is 41.4 Å². The van der Waals surface area contributed by atoms with Crippen molar-refractivity contribution >= 4 is 11.0 Å². The molecule has 5 N–H and O–H groups in total. The number of hydrogen-bond acceptors (Lipinski definition) is 8. The van der Waals surface area contributed by atoms with Gasteiger partial charge in [-0.15, -0.1) is 0 Å². The van der Waals surface area contributed by atoms with E-state index in [0.717, 1.165) is 65.5 Å². The maximum absolute atomic E-state index is 5.12. The number of furan rings is 2. The van der Waals surface area contributed by atoms with Crippen LogP contribution in [0.3, 0.4) is 0 Å². The van der Waals surface area contributed by atoms with Crippen LogP contribution >= 0.6 is 0 Å². The van der Waals surface area contributed by atoms with E-state index in [9.17, 15) is 0 Å². The number of rotatable bonds is 21. The molecule has 7 heterocycles. The molecule has 0 radical (unpaired) electrons. The second kappa shape index (κ2) is 163. The molecule has 1 saturated heterocycles. The van der Waals surface area contributed by atoms with E-state index in [1.54, 1.807) is 62.2 Å². The molecule has 0 bridgehead atoms. The normalized spacial score (nSPS) is 9.01. The molecule has 11 nitrogen and oxygen atoms in total. The van der Waals surface area contributed by atoms with Crippen molar-refractivity contribution in [3.8, 4) is 0 Å². The molecule has 6 aromatic heterocycles. The maximum Gasteiger partial charge on any atom is 0.133 e. The maximum atomic E-state index is 5.12. The number of imidazole rings is 1. The Labute approximate surface area is 692 Å². The Bertz CT molecular complexity index is 1610. The third-order valence-corrected chi connectivity index (χ3v) is 12.4. The largest absolute Gasteiger partial charge is 0.473 e. The van der Waals surface area contributed by atoms with Crippen LogP contribution in [0.25, 0.3) is 11.0 Å². The molecule has 0 spiro atoms. The zero-order valence-electron chi connectivity index (χ0n) is 76.1. The first kappa shape index (κ1) is 153. The molecule has 1 aliphatic heterocycles. The average Bonchev–Trinajstić information content (AvgIpc) is 1.75. The van der Waals surface area contributed by atoms with E-state index in [2.05, 4.69) is 195 Å². The van der Waals surface area contributed by atoms with Crippen molar-refractivity contribution < 1.29 is 13.4 Å². The standard InChI is InChI=1S/C8H6O.7C7H16.C4H10N2.C4H5N.C4H4O.2C3H4N2.C3H3NO.7C2H6.6CH4/c1-2-4-8-7(3-1)5-6-9-8;7*1-4-5-6-7(2)3;1-2-4-6-5-3-1;2*1-2-4-5-3-1;1-2-5-3-4-1;2*1-2-4-5-3-1;7*1-2;;;;;;/h1-6H;7*7H,4-6H2,1-3H3;5-6H,1-4H2;1-5H;1-4H;2*1-3H,(H,4,5);1-3H;7*1-2H3;6*1H4. The van der Waals surface area contributed by atoms with Crippen LogP contribution in [0.5, 0.6) is 0 Å². The molecule has 0 aliphatic carbocycles. The van der Waals surface area contributed by atoms with Crippen LogP contribution in [0.1, 0.15) is 435 Å². The number of aromatic nitrogens is 6. The van der Waals surface area contributed by atoms with Crippen molar-refractivity contribution in [2.45, 2.75) is 435 Å². The van der Waals surface area contributed by atoms with Gasteiger partial charge in [-0.05, 0) is 103 Å². The van der Waals surface area contributed by atoms with Gasteiger partial charge in [0.05, 0.1) is 31.3 Å². The second-order valence-corrected chi connectivity index (χ2v) is 25.2. The highest BCUT2D eigenvalue weighted by Gasteiger charge is 1.95. The topological polar surface area (TPSA) is 150 Å². The van der Waals surface area contributed by atoms with E-state index >= 15 is 0 Å². The molecule has 1 aromatic carbocycles. The fourth-order valence-corrected chi connectivity index (χ4v) is 6.91. The first-order valence-electron chi connectivity index (χ1n) is 42.5. The summed E-state index contributed by atoms with van der Waals surface area (Å²) in [7, 11) is 0. The van der Waals surface area contributed by atoms with Gasteiger partial charge in [-0.2, -0.15) is 5.10 Å². The van der Waals surface area contributed by atoms with E-state index in [1.807, 2.05) is 170 Å². The number of aromatic amines is 3. The molecular formula is C98H214N8O3. The summed E-state index contributed by atoms with van der Waals surface area (Å²) in [5.74, 6) is 6.32. The highest BCUT2D eigenvalue weighted by molar-refractivity contribution is 5.76. The summed E-state index contributed by atoms with van der Waals surface area (Å²) >= 11 is 0. The molecule has 11 heteroatoms. The highest BCUT2D eigenvalue weighted by Crippen LogP contribution is 2.13. The molecule has 1 fully saturated rings. The Balaban J connectivity index is -0.0000000464. The monoisotopic (exact) mass is 1550 g/mol. The molecule has 0 atom stereocenters. The molecule has 109 heavy (non-hydrogen) atoms. The van der Waals surface area contributed by atoms with Crippen LogP contribution in [0.2, 0.25) is 0 Å². The number of hydrazine groups is 1. The fraction of sp³-hybridized carbons (Fsp3) is 0.745. The quantitative estimate of drug-likeness (QED) is 0.0477. The molecular weight excluding hydrogens is 1340 g/mol. The number of nitrogens with one attached hydrogen (secondary N) is 5. The first-order valence-corrected chi connectivity index (χ1v) is 42.5. The van der Waals surface area contributed by atoms with Gasteiger partial charge in [-0.3, -0.25) is 16.0 Å². The van der Waals surface area contributed by atoms with Crippen molar-refractivity contribution in [1.29, 1.82) is 0 Å². The number of H-pyrrole nitrogens is 3. The van der Waals surface area contributed by atoms with Crippen molar-refractivity contribution in [2.75, 3.05) is 13.1 Å². The van der Waals surface area contributed by atoms with E-state index in [0.29, 0.717) is 0 Å². The van der Waals surface area contributed by atoms with Gasteiger partial charge in [0.25, 0.3) is 0 Å². The Morgan fingerprint density at radius 1 is 0.330 bits per heavy atom. The Morgan fingerprint density at radius 2 is 0.661 bits per heavy atom. The number of para-hydroxylation sites is 1. The van der Waals surface area contributed by atoms with Gasteiger partial charge in [0.1, 0.15) is 11.8 Å². The number of nitrogens with zero attached hydrogens (tertiary/aromatic N) is 3. The molecule has 0 amide bonds. The summed E-state index contributed by atoms with van der Waals surface area (Å²) in [6.45, 7) is 77.8. The lowest BCUT2D eigenvalue weighted by molar-refractivity contribution is 0.420. The van der Waals surface area contributed by atoms with E-state index in [4.69, 9.17) is 4.42 Å². The average molecular weight is 1550 g/mol. The lowest BCUT2D eigenvalue weighted by atomic mass is 10.1. The van der Waals surface area contributed by atoms with Gasteiger partial charge in [-0.25, -0.2) is 4.98 Å². The second-order valence-electron chi connectivity index (χ2n) is 25.2. The van der Waals surface area contributed by atoms with Gasteiger partial charge >= 0.3 is 0 Å². The third-order valence-electron chi connectivity index (χ3n) is 12.4. The van der Waals surface area contributed by atoms with E-state index in [1.165, 1.54) is 154 Å². The minimum Gasteiger partial charge on any atom is -0.473 e. The minimum absolute atomic E-state index is 0. The van der Waals surface area contributed by atoms with Crippen LogP contribution in [-0.2, 0) is 0 Å². The molecule has 7 aromatic rings. The van der Waals surface area contributed by atoms with Gasteiger partial charge in [0, 0.05) is 55.7 Å². The Hall–Kier alpha value is -5.13. The number of unbranched alkanes of at least 4 members (excludes halogenated alkanes) is 7. The van der Waals surface area contributed by atoms with Crippen LogP contribution in [0.4, 0.5) is 0 Å². The van der Waals surface area contributed by atoms with Crippen LogP contribution in [0, 0.1) is 41.4 Å². The fourth-order valence-electron chi connectivity index (χ4n) is 6.91. The zero-order chi connectivity index (χ0) is 81.9. The summed E-state index contributed by atoms with van der Waals surface area (Å²) in [4.78, 5) is 9.28. The Kier molecular flexibility index (Phi) is 229. The SMILES string of the molecule is C.C.C.C.C.C.C1CCNNC1.CC.CC.CC.CC.CC.CC.CC.CCCCC(C)C.CCCCC(C)C.CCCCC(C)C.CCCCC(C)C.CCCCC(C)C.CCCCC(C)C.CCCCC(C)C.c1c[nH]cn1.c1cc[nH]c1.c1ccc2occc2c1.c1ccoc1.c1cn[nH]c1.c1cnoc1. The van der Waals surface area contributed by atoms with Gasteiger partial charge in [0.2, 0.25) is 0 Å². The molecule has 1 aliphatic rings. The molecule has 0 unspecified atom stereocenters. The summed E-state index contributed by atoms with van der Waals surface area (Å²) in [5, 5.41) is 10.7.